The zero-order chi connectivity index (χ0) is 13.6. The van der Waals surface area contributed by atoms with Gasteiger partial charge in [0, 0.05) is 12.3 Å². The summed E-state index contributed by atoms with van der Waals surface area (Å²) in [5.41, 5.74) is 0. The van der Waals surface area contributed by atoms with Crippen LogP contribution in [0.25, 0.3) is 0 Å². The lowest BCUT2D eigenvalue weighted by Crippen LogP contribution is -2.37. The van der Waals surface area contributed by atoms with Gasteiger partial charge in [0.05, 0.1) is 12.5 Å². The van der Waals surface area contributed by atoms with Crippen LogP contribution in [0.1, 0.15) is 48.0 Å². The van der Waals surface area contributed by atoms with Gasteiger partial charge in [-0.25, -0.2) is 0 Å². The van der Waals surface area contributed by atoms with Gasteiger partial charge in [0.2, 0.25) is 0 Å². The summed E-state index contributed by atoms with van der Waals surface area (Å²) in [6.07, 6.45) is 0.478. The molecule has 0 aromatic rings. The molecular weight excluding hydrogens is 216 g/mol. The van der Waals surface area contributed by atoms with Crippen LogP contribution in [0.5, 0.6) is 0 Å². The Labute approximate surface area is 105 Å². The Bertz CT molecular complexity index is 256. The third-order valence-electron chi connectivity index (χ3n) is 3.10. The average Bonchev–Trinajstić information content (AvgIpc) is 2.23. The van der Waals surface area contributed by atoms with Gasteiger partial charge in [0.1, 0.15) is 5.78 Å². The maximum absolute atomic E-state index is 12.0. The van der Waals surface area contributed by atoms with Gasteiger partial charge in [0.15, 0.2) is 0 Å². The normalized spacial score (nSPS) is 14.8. The van der Waals surface area contributed by atoms with Crippen molar-refractivity contribution in [1.29, 1.82) is 0 Å². The van der Waals surface area contributed by atoms with Crippen molar-refractivity contribution in [3.63, 3.8) is 0 Å². The predicted octanol–water partition coefficient (Wildman–Crippen LogP) is 3.07. The van der Waals surface area contributed by atoms with E-state index in [2.05, 4.69) is 0 Å². The van der Waals surface area contributed by atoms with E-state index in [1.54, 1.807) is 6.92 Å². The summed E-state index contributed by atoms with van der Waals surface area (Å²) in [4.78, 5) is 24.0. The number of ether oxygens (including phenoxy) is 1. The van der Waals surface area contributed by atoms with Gasteiger partial charge in [-0.1, -0.05) is 34.6 Å². The maximum Gasteiger partial charge on any atom is 0.309 e. The molecule has 0 rings (SSSR count). The lowest BCUT2D eigenvalue weighted by Gasteiger charge is -2.30. The van der Waals surface area contributed by atoms with Crippen molar-refractivity contribution in [2.45, 2.75) is 48.0 Å². The van der Waals surface area contributed by atoms with E-state index in [0.717, 1.165) is 0 Å². The van der Waals surface area contributed by atoms with Crippen LogP contribution >= 0.6 is 0 Å². The predicted molar refractivity (Wildman–Crippen MR) is 68.6 cm³/mol. The van der Waals surface area contributed by atoms with Gasteiger partial charge in [-0.15, -0.1) is 0 Å². The van der Waals surface area contributed by atoms with Crippen LogP contribution in [0, 0.1) is 23.7 Å². The van der Waals surface area contributed by atoms with Gasteiger partial charge in [-0.05, 0) is 18.8 Å². The summed E-state index contributed by atoms with van der Waals surface area (Å²) in [6.45, 7) is 11.9. The monoisotopic (exact) mass is 242 g/mol. The van der Waals surface area contributed by atoms with Gasteiger partial charge < -0.3 is 4.74 Å². The lowest BCUT2D eigenvalue weighted by molar-refractivity contribution is -0.155. The summed E-state index contributed by atoms with van der Waals surface area (Å²) >= 11 is 0. The molecule has 0 aliphatic carbocycles. The van der Waals surface area contributed by atoms with E-state index in [1.807, 2.05) is 34.6 Å². The average molecular weight is 242 g/mol. The summed E-state index contributed by atoms with van der Waals surface area (Å²) in [6, 6.07) is 0. The Kier molecular flexibility index (Phi) is 7.09. The second-order valence-electron chi connectivity index (χ2n) is 5.11. The third-order valence-corrected chi connectivity index (χ3v) is 3.10. The zero-order valence-corrected chi connectivity index (χ0v) is 11.9. The number of hydrogen-bond acceptors (Lipinski definition) is 3. The minimum atomic E-state index is -0.317. The van der Waals surface area contributed by atoms with E-state index < -0.39 is 0 Å². The van der Waals surface area contributed by atoms with Crippen molar-refractivity contribution in [3.8, 4) is 0 Å². The lowest BCUT2D eigenvalue weighted by atomic mass is 9.74. The van der Waals surface area contributed by atoms with Crippen molar-refractivity contribution in [2.24, 2.45) is 23.7 Å². The number of hydrogen-bond donors (Lipinski definition) is 0. The molecule has 17 heavy (non-hydrogen) atoms. The molecular formula is C14H26O3. The number of esters is 1. The third kappa shape index (κ3) is 4.49. The fourth-order valence-electron chi connectivity index (χ4n) is 2.29. The molecule has 0 amide bonds. The molecule has 0 saturated heterocycles. The molecule has 100 valence electrons. The molecule has 0 fully saturated rings. The molecule has 0 radical (unpaired) electrons. The standard InChI is InChI=1S/C14H26O3/c1-7-11(15)12(9(3)4)13(10(5)6)14(16)17-8-2/h9-10,12-13H,7-8H2,1-6H3. The Hall–Kier alpha value is -0.860. The van der Waals surface area contributed by atoms with Crippen LogP contribution in [0.2, 0.25) is 0 Å². The van der Waals surface area contributed by atoms with Crippen LogP contribution < -0.4 is 0 Å². The van der Waals surface area contributed by atoms with Crippen molar-refractivity contribution in [2.75, 3.05) is 6.61 Å². The Morgan fingerprint density at radius 2 is 1.41 bits per heavy atom. The molecule has 0 aliphatic rings. The van der Waals surface area contributed by atoms with E-state index in [-0.39, 0.29) is 35.4 Å². The molecule has 0 saturated carbocycles. The summed E-state index contributed by atoms with van der Waals surface area (Å²) < 4.78 is 5.10. The van der Waals surface area contributed by atoms with E-state index >= 15 is 0 Å². The minimum Gasteiger partial charge on any atom is -0.466 e. The second-order valence-corrected chi connectivity index (χ2v) is 5.11. The largest absolute Gasteiger partial charge is 0.466 e. The van der Waals surface area contributed by atoms with E-state index in [0.29, 0.717) is 13.0 Å². The highest BCUT2D eigenvalue weighted by Crippen LogP contribution is 2.30. The molecule has 0 aromatic heterocycles. The number of ketones is 1. The van der Waals surface area contributed by atoms with Crippen LogP contribution in [0.3, 0.4) is 0 Å². The first-order chi connectivity index (χ1) is 7.86. The molecule has 0 bridgehead atoms. The van der Waals surface area contributed by atoms with E-state index in [4.69, 9.17) is 4.74 Å². The van der Waals surface area contributed by atoms with E-state index in [1.165, 1.54) is 0 Å². The van der Waals surface area contributed by atoms with Gasteiger partial charge in [-0.3, -0.25) is 9.59 Å². The fraction of sp³-hybridized carbons (Fsp3) is 0.857. The first kappa shape index (κ1) is 16.1. The number of carbonyl (C=O) groups excluding carboxylic acids is 2. The molecule has 0 spiro atoms. The Morgan fingerprint density at radius 1 is 0.941 bits per heavy atom. The highest BCUT2D eigenvalue weighted by molar-refractivity contribution is 5.87. The molecule has 3 heteroatoms. The molecule has 2 unspecified atom stereocenters. The van der Waals surface area contributed by atoms with Gasteiger partial charge in [-0.2, -0.15) is 0 Å². The van der Waals surface area contributed by atoms with Crippen LogP contribution in [0.4, 0.5) is 0 Å². The van der Waals surface area contributed by atoms with Crippen LogP contribution in [-0.2, 0) is 14.3 Å². The molecule has 0 aromatic carbocycles. The first-order valence-electron chi connectivity index (χ1n) is 6.56. The second kappa shape index (κ2) is 7.46. The van der Waals surface area contributed by atoms with Crippen LogP contribution in [0.15, 0.2) is 0 Å². The molecule has 2 atom stereocenters. The smallest absolute Gasteiger partial charge is 0.309 e. The number of rotatable bonds is 7. The first-order valence-corrected chi connectivity index (χ1v) is 6.56. The Morgan fingerprint density at radius 3 is 1.71 bits per heavy atom. The number of carbonyl (C=O) groups is 2. The van der Waals surface area contributed by atoms with Crippen molar-refractivity contribution in [1.82, 2.24) is 0 Å². The number of Topliss-reactive ketones (excluding diaryl/α,β-unsaturated/α-hetero) is 1. The molecule has 0 aliphatic heterocycles. The quantitative estimate of drug-likeness (QED) is 0.644. The van der Waals surface area contributed by atoms with Gasteiger partial charge in [0.25, 0.3) is 0 Å². The van der Waals surface area contributed by atoms with Crippen LogP contribution in [-0.4, -0.2) is 18.4 Å². The van der Waals surface area contributed by atoms with E-state index in [9.17, 15) is 9.59 Å². The van der Waals surface area contributed by atoms with Crippen molar-refractivity contribution < 1.29 is 14.3 Å². The SMILES string of the molecule is CCOC(=O)C(C(C)C)C(C(=O)CC)C(C)C. The van der Waals surface area contributed by atoms with Gasteiger partial charge >= 0.3 is 5.97 Å². The topological polar surface area (TPSA) is 43.4 Å². The summed E-state index contributed by atoms with van der Waals surface area (Å²) in [5, 5.41) is 0. The maximum atomic E-state index is 12.0. The Balaban J connectivity index is 5.10. The fourth-order valence-corrected chi connectivity index (χ4v) is 2.29. The molecule has 0 N–H and O–H groups in total. The molecule has 3 nitrogen and oxygen atoms in total. The van der Waals surface area contributed by atoms with Crippen molar-refractivity contribution in [3.05, 3.63) is 0 Å². The highest BCUT2D eigenvalue weighted by atomic mass is 16.5. The zero-order valence-electron chi connectivity index (χ0n) is 11.9. The minimum absolute atomic E-state index is 0.122. The molecule has 0 heterocycles. The summed E-state index contributed by atoms with van der Waals surface area (Å²) in [5.74, 6) is -0.326. The van der Waals surface area contributed by atoms with Crippen molar-refractivity contribution >= 4 is 11.8 Å². The summed E-state index contributed by atoms with van der Waals surface area (Å²) in [7, 11) is 0. The highest BCUT2D eigenvalue weighted by Gasteiger charge is 2.37.